The minimum absolute atomic E-state index is 0.0160. The van der Waals surface area contributed by atoms with Crippen molar-refractivity contribution in [2.24, 2.45) is 5.73 Å². The Morgan fingerprint density at radius 3 is 2.63 bits per heavy atom. The highest BCUT2D eigenvalue weighted by molar-refractivity contribution is 5.78. The summed E-state index contributed by atoms with van der Waals surface area (Å²) in [5.41, 5.74) is 5.22. The van der Waals surface area contributed by atoms with Crippen molar-refractivity contribution in [2.45, 2.75) is 24.9 Å². The Labute approximate surface area is 153 Å². The number of aromatic nitrogens is 3. The van der Waals surface area contributed by atoms with Crippen molar-refractivity contribution < 1.29 is 18.0 Å². The first kappa shape index (κ1) is 19.0. The second-order valence-corrected chi connectivity index (χ2v) is 6.19. The lowest BCUT2D eigenvalue weighted by Crippen LogP contribution is -2.41. The SMILES string of the molecule is NCC(=O)N1CCC(c2ccnc(Nc3ncccc3C(F)(F)F)n2)CC1. The number of hydrogen-bond acceptors (Lipinski definition) is 6. The molecule has 1 aliphatic heterocycles. The van der Waals surface area contributed by atoms with Crippen molar-refractivity contribution in [3.63, 3.8) is 0 Å². The van der Waals surface area contributed by atoms with Gasteiger partial charge in [-0.25, -0.2) is 15.0 Å². The summed E-state index contributed by atoms with van der Waals surface area (Å²) in [5, 5.41) is 2.56. The maximum atomic E-state index is 13.1. The molecule has 144 valence electrons. The summed E-state index contributed by atoms with van der Waals surface area (Å²) in [6.45, 7) is 1.13. The van der Waals surface area contributed by atoms with Gasteiger partial charge in [-0.1, -0.05) is 0 Å². The van der Waals surface area contributed by atoms with Crippen molar-refractivity contribution in [1.82, 2.24) is 19.9 Å². The van der Waals surface area contributed by atoms with E-state index in [2.05, 4.69) is 20.3 Å². The van der Waals surface area contributed by atoms with Crippen LogP contribution in [0.3, 0.4) is 0 Å². The molecule has 1 aliphatic rings. The molecule has 0 spiro atoms. The van der Waals surface area contributed by atoms with Gasteiger partial charge in [0, 0.05) is 37.1 Å². The number of halogens is 3. The molecule has 0 atom stereocenters. The molecular formula is C17H19F3N6O. The average Bonchev–Trinajstić information content (AvgIpc) is 2.67. The van der Waals surface area contributed by atoms with Gasteiger partial charge in [-0.3, -0.25) is 4.79 Å². The summed E-state index contributed by atoms with van der Waals surface area (Å²) in [4.78, 5) is 25.5. The first-order valence-electron chi connectivity index (χ1n) is 8.48. The molecule has 1 fully saturated rings. The van der Waals surface area contributed by atoms with Crippen LogP contribution in [0.1, 0.15) is 30.0 Å². The first-order chi connectivity index (χ1) is 12.9. The van der Waals surface area contributed by atoms with E-state index in [-0.39, 0.29) is 30.1 Å². The van der Waals surface area contributed by atoms with Crippen molar-refractivity contribution in [2.75, 3.05) is 25.0 Å². The zero-order valence-corrected chi connectivity index (χ0v) is 14.4. The summed E-state index contributed by atoms with van der Waals surface area (Å²) in [5.74, 6) is -0.280. The van der Waals surface area contributed by atoms with E-state index in [4.69, 9.17) is 5.73 Å². The highest BCUT2D eigenvalue weighted by Gasteiger charge is 2.34. The van der Waals surface area contributed by atoms with E-state index < -0.39 is 11.7 Å². The molecule has 2 aromatic heterocycles. The van der Waals surface area contributed by atoms with Crippen LogP contribution in [0.5, 0.6) is 0 Å². The average molecular weight is 380 g/mol. The van der Waals surface area contributed by atoms with Crippen molar-refractivity contribution in [3.8, 4) is 0 Å². The number of carbonyl (C=O) groups excluding carboxylic acids is 1. The number of amides is 1. The first-order valence-corrected chi connectivity index (χ1v) is 8.48. The number of rotatable bonds is 4. The van der Waals surface area contributed by atoms with Gasteiger partial charge in [-0.2, -0.15) is 13.2 Å². The number of pyridine rings is 1. The van der Waals surface area contributed by atoms with Crippen molar-refractivity contribution >= 4 is 17.7 Å². The molecule has 2 aromatic rings. The molecule has 7 nitrogen and oxygen atoms in total. The normalized spacial score (nSPS) is 15.6. The highest BCUT2D eigenvalue weighted by Crippen LogP contribution is 2.34. The van der Waals surface area contributed by atoms with E-state index >= 15 is 0 Å². The van der Waals surface area contributed by atoms with Gasteiger partial charge in [0.1, 0.15) is 5.82 Å². The summed E-state index contributed by atoms with van der Waals surface area (Å²) in [6.07, 6.45) is -0.348. The number of anilines is 2. The Balaban J connectivity index is 1.73. The van der Waals surface area contributed by atoms with E-state index in [1.165, 1.54) is 18.5 Å². The largest absolute Gasteiger partial charge is 0.419 e. The van der Waals surface area contributed by atoms with Crippen LogP contribution in [0, 0.1) is 0 Å². The number of nitrogens with zero attached hydrogens (tertiary/aromatic N) is 4. The van der Waals surface area contributed by atoms with Crippen LogP contribution in [0.15, 0.2) is 30.6 Å². The quantitative estimate of drug-likeness (QED) is 0.845. The number of piperidine rings is 1. The minimum Gasteiger partial charge on any atom is -0.342 e. The van der Waals surface area contributed by atoms with Gasteiger partial charge in [0.05, 0.1) is 12.1 Å². The van der Waals surface area contributed by atoms with Crippen LogP contribution in [0.2, 0.25) is 0 Å². The predicted molar refractivity (Wildman–Crippen MR) is 92.2 cm³/mol. The fourth-order valence-electron chi connectivity index (χ4n) is 3.05. The third-order valence-electron chi connectivity index (χ3n) is 4.46. The Hall–Kier alpha value is -2.75. The topological polar surface area (TPSA) is 97.0 Å². The molecule has 3 rings (SSSR count). The predicted octanol–water partition coefficient (Wildman–Crippen LogP) is 2.30. The molecule has 0 radical (unpaired) electrons. The molecule has 0 saturated carbocycles. The molecule has 3 heterocycles. The zero-order chi connectivity index (χ0) is 19.4. The second kappa shape index (κ2) is 7.87. The standard InChI is InChI=1S/C17H19F3N6O/c18-17(19,20)12-2-1-6-22-15(12)25-16-23-7-3-13(24-16)11-4-8-26(9-5-11)14(27)10-21/h1-3,6-7,11H,4-5,8-10,21H2,(H,22,23,24,25). The van der Waals surface area contributed by atoms with Crippen molar-refractivity contribution in [3.05, 3.63) is 41.9 Å². The summed E-state index contributed by atoms with van der Waals surface area (Å²) < 4.78 is 39.3. The Bertz CT molecular complexity index is 805. The highest BCUT2D eigenvalue weighted by atomic mass is 19.4. The maximum Gasteiger partial charge on any atom is 0.419 e. The van der Waals surface area contributed by atoms with Gasteiger partial charge in [0.15, 0.2) is 0 Å². The number of carbonyl (C=O) groups is 1. The molecule has 1 saturated heterocycles. The van der Waals surface area contributed by atoms with Gasteiger partial charge in [-0.05, 0) is 31.0 Å². The fraction of sp³-hybridized carbons (Fsp3) is 0.412. The van der Waals surface area contributed by atoms with Gasteiger partial charge in [0.2, 0.25) is 11.9 Å². The molecule has 0 aromatic carbocycles. The van der Waals surface area contributed by atoms with E-state index in [1.807, 2.05) is 0 Å². The summed E-state index contributed by atoms with van der Waals surface area (Å²) in [7, 11) is 0. The summed E-state index contributed by atoms with van der Waals surface area (Å²) >= 11 is 0. The lowest BCUT2D eigenvalue weighted by Gasteiger charge is -2.31. The van der Waals surface area contributed by atoms with Gasteiger partial charge in [0.25, 0.3) is 0 Å². The second-order valence-electron chi connectivity index (χ2n) is 6.19. The molecule has 1 amide bonds. The number of alkyl halides is 3. The number of likely N-dealkylation sites (tertiary alicyclic amines) is 1. The van der Waals surface area contributed by atoms with E-state index in [0.29, 0.717) is 25.9 Å². The van der Waals surface area contributed by atoms with Gasteiger partial charge in [-0.15, -0.1) is 0 Å². The lowest BCUT2D eigenvalue weighted by molar-refractivity contribution is -0.137. The van der Waals surface area contributed by atoms with E-state index in [1.54, 1.807) is 11.0 Å². The molecule has 0 unspecified atom stereocenters. The monoisotopic (exact) mass is 380 g/mol. The smallest absolute Gasteiger partial charge is 0.342 e. The molecule has 10 heteroatoms. The van der Waals surface area contributed by atoms with Crippen LogP contribution in [0.25, 0.3) is 0 Å². The maximum absolute atomic E-state index is 13.1. The Morgan fingerprint density at radius 1 is 1.22 bits per heavy atom. The van der Waals surface area contributed by atoms with Crippen LogP contribution >= 0.6 is 0 Å². The third-order valence-corrected chi connectivity index (χ3v) is 4.46. The number of hydrogen-bond donors (Lipinski definition) is 2. The molecule has 27 heavy (non-hydrogen) atoms. The van der Waals surface area contributed by atoms with Crippen LogP contribution < -0.4 is 11.1 Å². The van der Waals surface area contributed by atoms with Crippen LogP contribution in [-0.2, 0) is 11.0 Å². The molecule has 3 N–H and O–H groups in total. The molecular weight excluding hydrogens is 361 g/mol. The fourth-order valence-corrected chi connectivity index (χ4v) is 3.05. The number of nitrogens with two attached hydrogens (primary N) is 1. The van der Waals surface area contributed by atoms with Crippen LogP contribution in [0.4, 0.5) is 24.9 Å². The number of nitrogens with one attached hydrogen (secondary N) is 1. The molecule has 0 aliphatic carbocycles. The lowest BCUT2D eigenvalue weighted by atomic mass is 9.93. The van der Waals surface area contributed by atoms with Gasteiger partial charge < -0.3 is 16.0 Å². The van der Waals surface area contributed by atoms with E-state index in [9.17, 15) is 18.0 Å². The minimum atomic E-state index is -4.53. The third kappa shape index (κ3) is 4.51. The Kier molecular flexibility index (Phi) is 5.54. The Morgan fingerprint density at radius 2 is 1.96 bits per heavy atom. The van der Waals surface area contributed by atoms with Crippen LogP contribution in [-0.4, -0.2) is 45.4 Å². The van der Waals surface area contributed by atoms with Crippen molar-refractivity contribution in [1.29, 1.82) is 0 Å². The zero-order valence-electron chi connectivity index (χ0n) is 14.4. The van der Waals surface area contributed by atoms with Gasteiger partial charge >= 0.3 is 6.18 Å². The molecule has 0 bridgehead atoms. The van der Waals surface area contributed by atoms with E-state index in [0.717, 1.165) is 11.8 Å². The summed E-state index contributed by atoms with van der Waals surface area (Å²) in [6, 6.07) is 3.91.